The van der Waals surface area contributed by atoms with Crippen LogP contribution in [0.4, 0.5) is 0 Å². The van der Waals surface area contributed by atoms with Gasteiger partial charge in [0.15, 0.2) is 0 Å². The average Bonchev–Trinajstić information content (AvgIpc) is 2.53. The summed E-state index contributed by atoms with van der Waals surface area (Å²) >= 11 is 3.45. The smallest absolute Gasteiger partial charge is 0.138 e. The summed E-state index contributed by atoms with van der Waals surface area (Å²) in [6.07, 6.45) is 5.25. The van der Waals surface area contributed by atoms with Crippen molar-refractivity contribution in [3.63, 3.8) is 0 Å². The zero-order valence-electron chi connectivity index (χ0n) is 8.28. The number of imidazole rings is 1. The van der Waals surface area contributed by atoms with Crippen LogP contribution < -0.4 is 5.32 Å². The second-order valence-corrected chi connectivity index (χ2v) is 4.99. The van der Waals surface area contributed by atoms with Gasteiger partial charge in [-0.3, -0.25) is 0 Å². The molecule has 0 aromatic carbocycles. The van der Waals surface area contributed by atoms with Crippen LogP contribution in [-0.4, -0.2) is 22.5 Å². The van der Waals surface area contributed by atoms with Crippen LogP contribution in [0, 0.1) is 5.92 Å². The predicted octanol–water partition coefficient (Wildman–Crippen LogP) is 1.86. The fraction of sp³-hybridized carbons (Fsp3) is 0.364. The molecule has 3 nitrogen and oxygen atoms in total. The molecule has 2 aromatic rings. The Bertz CT molecular complexity index is 488. The molecule has 78 valence electrons. The van der Waals surface area contributed by atoms with Gasteiger partial charge in [0.05, 0.1) is 5.69 Å². The third-order valence-electron chi connectivity index (χ3n) is 2.84. The van der Waals surface area contributed by atoms with Gasteiger partial charge in [0.25, 0.3) is 0 Å². The highest BCUT2D eigenvalue weighted by Gasteiger charge is 2.18. The summed E-state index contributed by atoms with van der Waals surface area (Å²) < 4.78 is 3.16. The number of fused-ring (bicyclic) bond motifs is 1. The van der Waals surface area contributed by atoms with E-state index < -0.39 is 0 Å². The number of halogens is 1. The van der Waals surface area contributed by atoms with E-state index in [4.69, 9.17) is 0 Å². The minimum atomic E-state index is 0.776. The lowest BCUT2D eigenvalue weighted by Gasteiger charge is -2.25. The summed E-state index contributed by atoms with van der Waals surface area (Å²) in [6, 6.07) is 4.08. The van der Waals surface area contributed by atoms with Crippen LogP contribution in [-0.2, 0) is 6.42 Å². The lowest BCUT2D eigenvalue weighted by molar-refractivity contribution is 0.344. The fourth-order valence-electron chi connectivity index (χ4n) is 1.90. The van der Waals surface area contributed by atoms with Gasteiger partial charge in [-0.1, -0.05) is 15.9 Å². The quantitative estimate of drug-likeness (QED) is 0.899. The molecule has 1 aliphatic heterocycles. The Morgan fingerprint density at radius 1 is 1.53 bits per heavy atom. The van der Waals surface area contributed by atoms with Crippen molar-refractivity contribution in [1.29, 1.82) is 0 Å². The molecule has 4 heteroatoms. The van der Waals surface area contributed by atoms with Crippen molar-refractivity contribution in [2.24, 2.45) is 5.92 Å². The Labute approximate surface area is 96.6 Å². The first-order chi connectivity index (χ1) is 7.31. The zero-order chi connectivity index (χ0) is 10.3. The molecular formula is C11H12BrN3. The van der Waals surface area contributed by atoms with Crippen molar-refractivity contribution >= 4 is 21.6 Å². The normalized spacial score (nSPS) is 16.9. The highest BCUT2D eigenvalue weighted by molar-refractivity contribution is 9.10. The molecule has 15 heavy (non-hydrogen) atoms. The highest BCUT2D eigenvalue weighted by atomic mass is 79.9. The zero-order valence-corrected chi connectivity index (χ0v) is 9.87. The van der Waals surface area contributed by atoms with Crippen molar-refractivity contribution in [3.05, 3.63) is 34.7 Å². The molecule has 1 aliphatic rings. The van der Waals surface area contributed by atoms with Crippen LogP contribution in [0.2, 0.25) is 0 Å². The van der Waals surface area contributed by atoms with E-state index in [0.717, 1.165) is 35.5 Å². The van der Waals surface area contributed by atoms with E-state index in [1.807, 2.05) is 18.3 Å². The summed E-state index contributed by atoms with van der Waals surface area (Å²) in [4.78, 5) is 4.60. The second-order valence-electron chi connectivity index (χ2n) is 4.07. The number of nitrogens with zero attached hydrogens (tertiary/aromatic N) is 2. The van der Waals surface area contributed by atoms with Crippen LogP contribution in [0.15, 0.2) is 29.0 Å². The van der Waals surface area contributed by atoms with Crippen molar-refractivity contribution < 1.29 is 0 Å². The molecule has 0 bridgehead atoms. The molecule has 0 saturated carbocycles. The minimum absolute atomic E-state index is 0.776. The Morgan fingerprint density at radius 3 is 3.13 bits per heavy atom. The Morgan fingerprint density at radius 2 is 2.40 bits per heavy atom. The number of nitrogens with one attached hydrogen (secondary N) is 1. The predicted molar refractivity (Wildman–Crippen MR) is 63.0 cm³/mol. The molecule has 2 aromatic heterocycles. The van der Waals surface area contributed by atoms with Gasteiger partial charge >= 0.3 is 0 Å². The van der Waals surface area contributed by atoms with Gasteiger partial charge in [-0.25, -0.2) is 4.98 Å². The number of pyridine rings is 1. The maximum absolute atomic E-state index is 4.60. The van der Waals surface area contributed by atoms with E-state index in [1.165, 1.54) is 5.69 Å². The van der Waals surface area contributed by atoms with E-state index in [9.17, 15) is 0 Å². The maximum atomic E-state index is 4.60. The van der Waals surface area contributed by atoms with Gasteiger partial charge in [-0.05, 0) is 37.6 Å². The third-order valence-corrected chi connectivity index (χ3v) is 3.33. The van der Waals surface area contributed by atoms with Crippen LogP contribution in [0.3, 0.4) is 0 Å². The molecule has 0 aliphatic carbocycles. The minimum Gasteiger partial charge on any atom is -0.316 e. The third kappa shape index (κ3) is 1.79. The molecule has 0 radical (unpaired) electrons. The standard InChI is InChI=1S/C11H12BrN3/c12-9-1-2-15-7-10(14-11(15)4-9)3-8-5-13-6-8/h1-2,4,7-8,13H,3,5-6H2. The molecule has 1 saturated heterocycles. The first kappa shape index (κ1) is 9.36. The van der Waals surface area contributed by atoms with Crippen LogP contribution >= 0.6 is 15.9 Å². The van der Waals surface area contributed by atoms with Gasteiger partial charge in [0.2, 0.25) is 0 Å². The molecular weight excluding hydrogens is 254 g/mol. The molecule has 0 amide bonds. The summed E-state index contributed by atoms with van der Waals surface area (Å²) in [5.41, 5.74) is 2.21. The lowest BCUT2D eigenvalue weighted by Crippen LogP contribution is -2.43. The number of aromatic nitrogens is 2. The number of hydrogen-bond donors (Lipinski definition) is 1. The molecule has 1 fully saturated rings. The summed E-state index contributed by atoms with van der Waals surface area (Å²) in [6.45, 7) is 2.27. The van der Waals surface area contributed by atoms with Crippen molar-refractivity contribution in [2.75, 3.05) is 13.1 Å². The molecule has 3 rings (SSSR count). The molecule has 0 unspecified atom stereocenters. The van der Waals surface area contributed by atoms with E-state index in [0.29, 0.717) is 0 Å². The summed E-state index contributed by atoms with van der Waals surface area (Å²) in [5.74, 6) is 0.776. The van der Waals surface area contributed by atoms with Gasteiger partial charge in [0.1, 0.15) is 5.65 Å². The molecule has 0 atom stereocenters. The second kappa shape index (κ2) is 3.61. The summed E-state index contributed by atoms with van der Waals surface area (Å²) in [5, 5.41) is 3.28. The van der Waals surface area contributed by atoms with Crippen LogP contribution in [0.25, 0.3) is 5.65 Å². The Balaban J connectivity index is 1.91. The summed E-state index contributed by atoms with van der Waals surface area (Å²) in [7, 11) is 0. The molecule has 3 heterocycles. The molecule has 0 spiro atoms. The SMILES string of the molecule is Brc1ccn2cc(CC3CNC3)nc2c1. The first-order valence-electron chi connectivity index (χ1n) is 5.15. The first-order valence-corrected chi connectivity index (χ1v) is 5.94. The Kier molecular flexibility index (Phi) is 2.25. The number of hydrogen-bond acceptors (Lipinski definition) is 2. The van der Waals surface area contributed by atoms with Gasteiger partial charge in [-0.2, -0.15) is 0 Å². The maximum Gasteiger partial charge on any atom is 0.138 e. The van der Waals surface area contributed by atoms with E-state index >= 15 is 0 Å². The largest absolute Gasteiger partial charge is 0.316 e. The Hall–Kier alpha value is -0.870. The van der Waals surface area contributed by atoms with E-state index in [1.54, 1.807) is 0 Å². The fourth-order valence-corrected chi connectivity index (χ4v) is 2.22. The van der Waals surface area contributed by atoms with Gasteiger partial charge in [0, 0.05) is 16.9 Å². The number of rotatable bonds is 2. The van der Waals surface area contributed by atoms with E-state index in [2.05, 4.69) is 36.8 Å². The van der Waals surface area contributed by atoms with Gasteiger partial charge < -0.3 is 9.72 Å². The highest BCUT2D eigenvalue weighted by Crippen LogP contribution is 2.16. The average molecular weight is 266 g/mol. The topological polar surface area (TPSA) is 29.3 Å². The monoisotopic (exact) mass is 265 g/mol. The lowest BCUT2D eigenvalue weighted by atomic mass is 9.98. The van der Waals surface area contributed by atoms with Crippen LogP contribution in [0.1, 0.15) is 5.69 Å². The molecule has 1 N–H and O–H groups in total. The van der Waals surface area contributed by atoms with Crippen molar-refractivity contribution in [3.8, 4) is 0 Å². The van der Waals surface area contributed by atoms with Gasteiger partial charge in [-0.15, -0.1) is 0 Å². The van der Waals surface area contributed by atoms with Crippen molar-refractivity contribution in [1.82, 2.24) is 14.7 Å². The van der Waals surface area contributed by atoms with Crippen molar-refractivity contribution in [2.45, 2.75) is 6.42 Å². The van der Waals surface area contributed by atoms with Crippen LogP contribution in [0.5, 0.6) is 0 Å². The van der Waals surface area contributed by atoms with E-state index in [-0.39, 0.29) is 0 Å².